The van der Waals surface area contributed by atoms with Gasteiger partial charge in [-0.1, -0.05) is 18.5 Å². The van der Waals surface area contributed by atoms with Crippen LogP contribution in [-0.4, -0.2) is 39.8 Å². The van der Waals surface area contributed by atoms with Gasteiger partial charge in [0.2, 0.25) is 0 Å². The van der Waals surface area contributed by atoms with Gasteiger partial charge in [0.1, 0.15) is 5.69 Å². The molecule has 1 aliphatic heterocycles. The van der Waals surface area contributed by atoms with E-state index in [1.54, 1.807) is 16.8 Å². The van der Waals surface area contributed by atoms with E-state index in [4.69, 9.17) is 11.6 Å². The van der Waals surface area contributed by atoms with Crippen LogP contribution in [0.2, 0.25) is 5.02 Å². The van der Waals surface area contributed by atoms with E-state index < -0.39 is 0 Å². The lowest BCUT2D eigenvalue weighted by molar-refractivity contribution is 0.0910. The predicted molar refractivity (Wildman–Crippen MR) is 93.7 cm³/mol. The Balaban J connectivity index is 1.86. The van der Waals surface area contributed by atoms with Gasteiger partial charge in [0, 0.05) is 18.3 Å². The van der Waals surface area contributed by atoms with Crippen LogP contribution in [0.5, 0.6) is 0 Å². The number of nitrogens with one attached hydrogen (secondary N) is 2. The molecule has 2 aromatic heterocycles. The molecule has 3 rings (SSSR count). The van der Waals surface area contributed by atoms with Crippen molar-refractivity contribution in [2.75, 3.05) is 13.1 Å². The van der Waals surface area contributed by atoms with Crippen LogP contribution in [0.25, 0.3) is 5.82 Å². The number of carbonyl (C=O) groups is 1. The van der Waals surface area contributed by atoms with Gasteiger partial charge in [-0.05, 0) is 50.9 Å². The van der Waals surface area contributed by atoms with Crippen LogP contribution in [-0.2, 0) is 0 Å². The Kier molecular flexibility index (Phi) is 4.87. The third kappa shape index (κ3) is 3.44. The monoisotopic (exact) mass is 347 g/mol. The minimum atomic E-state index is -0.246. The number of aryl methyl sites for hydroxylation is 2. The normalized spacial score (nSPS) is 20.8. The van der Waals surface area contributed by atoms with Gasteiger partial charge in [-0.3, -0.25) is 4.79 Å². The van der Waals surface area contributed by atoms with Crippen LogP contribution in [0.4, 0.5) is 0 Å². The van der Waals surface area contributed by atoms with E-state index in [1.807, 2.05) is 19.9 Å². The summed E-state index contributed by atoms with van der Waals surface area (Å²) in [6.07, 6.45) is 1.04. The molecule has 1 aliphatic rings. The summed E-state index contributed by atoms with van der Waals surface area (Å²) >= 11 is 6.21. The molecule has 2 N–H and O–H groups in total. The number of amides is 1. The smallest absolute Gasteiger partial charge is 0.271 e. The second-order valence-corrected chi connectivity index (χ2v) is 6.80. The predicted octanol–water partition coefficient (Wildman–Crippen LogP) is 2.27. The van der Waals surface area contributed by atoms with E-state index in [9.17, 15) is 4.79 Å². The van der Waals surface area contributed by atoms with Crippen molar-refractivity contribution < 1.29 is 4.79 Å². The maximum atomic E-state index is 12.6. The van der Waals surface area contributed by atoms with Gasteiger partial charge >= 0.3 is 0 Å². The van der Waals surface area contributed by atoms with Gasteiger partial charge in [-0.2, -0.15) is 5.10 Å². The standard InChI is InChI=1S/C17H22ClN5O/c1-10-6-7-19-9-14(10)20-17(24)16-13(18)4-5-15(21-16)23-12(3)8-11(2)22-23/h4-5,8,10,14,19H,6-7,9H2,1-3H3,(H,20,24). The van der Waals surface area contributed by atoms with E-state index in [-0.39, 0.29) is 17.6 Å². The zero-order valence-corrected chi connectivity index (χ0v) is 14.9. The summed E-state index contributed by atoms with van der Waals surface area (Å²) < 4.78 is 1.72. The number of hydrogen-bond donors (Lipinski definition) is 2. The van der Waals surface area contributed by atoms with Crippen LogP contribution in [0.15, 0.2) is 18.2 Å². The van der Waals surface area contributed by atoms with Crippen molar-refractivity contribution in [3.63, 3.8) is 0 Å². The number of carbonyl (C=O) groups excluding carboxylic acids is 1. The number of hydrogen-bond acceptors (Lipinski definition) is 4. The summed E-state index contributed by atoms with van der Waals surface area (Å²) in [5.41, 5.74) is 2.09. The van der Waals surface area contributed by atoms with Crippen molar-refractivity contribution in [3.05, 3.63) is 40.3 Å². The SMILES string of the molecule is Cc1cc(C)n(-c2ccc(Cl)c(C(=O)NC3CNCCC3C)n2)n1. The Morgan fingerprint density at radius 2 is 2.21 bits per heavy atom. The molecule has 0 saturated carbocycles. The largest absolute Gasteiger partial charge is 0.346 e. The first kappa shape index (κ1) is 16.9. The highest BCUT2D eigenvalue weighted by atomic mass is 35.5. The summed E-state index contributed by atoms with van der Waals surface area (Å²) in [6, 6.07) is 5.51. The molecular formula is C17H22ClN5O. The first-order valence-corrected chi connectivity index (χ1v) is 8.55. The molecule has 1 saturated heterocycles. The molecule has 0 aromatic carbocycles. The zero-order chi connectivity index (χ0) is 17.3. The first-order valence-electron chi connectivity index (χ1n) is 8.17. The lowest BCUT2D eigenvalue weighted by Crippen LogP contribution is -2.50. The van der Waals surface area contributed by atoms with Crippen molar-refractivity contribution in [1.82, 2.24) is 25.4 Å². The third-order valence-electron chi connectivity index (χ3n) is 4.42. The Labute approximate surface area is 146 Å². The molecule has 0 aliphatic carbocycles. The average Bonchev–Trinajstić information content (AvgIpc) is 2.88. The molecule has 0 radical (unpaired) electrons. The van der Waals surface area contributed by atoms with E-state index in [0.29, 0.717) is 16.8 Å². The highest BCUT2D eigenvalue weighted by molar-refractivity contribution is 6.33. The lowest BCUT2D eigenvalue weighted by Gasteiger charge is -2.30. The summed E-state index contributed by atoms with van der Waals surface area (Å²) in [5.74, 6) is 0.766. The molecule has 2 aromatic rings. The Bertz CT molecular complexity index is 757. The fourth-order valence-corrected chi connectivity index (χ4v) is 3.18. The van der Waals surface area contributed by atoms with Crippen molar-refractivity contribution >= 4 is 17.5 Å². The van der Waals surface area contributed by atoms with Gasteiger partial charge in [-0.15, -0.1) is 0 Å². The Morgan fingerprint density at radius 3 is 2.88 bits per heavy atom. The number of nitrogens with zero attached hydrogens (tertiary/aromatic N) is 3. The number of halogens is 1. The van der Waals surface area contributed by atoms with Crippen LogP contribution in [0.3, 0.4) is 0 Å². The first-order chi connectivity index (χ1) is 11.5. The van der Waals surface area contributed by atoms with E-state index in [1.165, 1.54) is 0 Å². The molecule has 1 fully saturated rings. The highest BCUT2D eigenvalue weighted by Crippen LogP contribution is 2.19. The summed E-state index contributed by atoms with van der Waals surface area (Å²) in [5, 5.41) is 11.1. The van der Waals surface area contributed by atoms with Gasteiger partial charge in [0.15, 0.2) is 5.82 Å². The Morgan fingerprint density at radius 1 is 1.42 bits per heavy atom. The Hall–Kier alpha value is -1.92. The molecule has 1 amide bonds. The minimum absolute atomic E-state index is 0.0847. The molecule has 2 unspecified atom stereocenters. The molecule has 128 valence electrons. The van der Waals surface area contributed by atoms with Crippen LogP contribution < -0.4 is 10.6 Å². The van der Waals surface area contributed by atoms with Crippen LogP contribution in [0, 0.1) is 19.8 Å². The molecule has 7 heteroatoms. The summed E-state index contributed by atoms with van der Waals surface area (Å²) in [6.45, 7) is 7.77. The van der Waals surface area contributed by atoms with Gasteiger partial charge in [-0.25, -0.2) is 9.67 Å². The second kappa shape index (κ2) is 6.91. The zero-order valence-electron chi connectivity index (χ0n) is 14.1. The third-order valence-corrected chi connectivity index (χ3v) is 4.72. The molecule has 3 heterocycles. The van der Waals surface area contributed by atoms with Crippen LogP contribution >= 0.6 is 11.6 Å². The fourth-order valence-electron chi connectivity index (χ4n) is 2.99. The van der Waals surface area contributed by atoms with Gasteiger partial charge in [0.05, 0.1) is 10.7 Å². The summed E-state index contributed by atoms with van der Waals surface area (Å²) in [4.78, 5) is 17.1. The maximum Gasteiger partial charge on any atom is 0.271 e. The molecule has 0 bridgehead atoms. The number of aromatic nitrogens is 3. The highest BCUT2D eigenvalue weighted by Gasteiger charge is 2.25. The average molecular weight is 348 g/mol. The van der Waals surface area contributed by atoms with Crippen molar-refractivity contribution in [1.29, 1.82) is 0 Å². The van der Waals surface area contributed by atoms with Crippen molar-refractivity contribution in [3.8, 4) is 5.82 Å². The maximum absolute atomic E-state index is 12.6. The van der Waals surface area contributed by atoms with E-state index in [2.05, 4.69) is 27.6 Å². The lowest BCUT2D eigenvalue weighted by atomic mass is 9.95. The molecule has 6 nitrogen and oxygen atoms in total. The molecular weight excluding hydrogens is 326 g/mol. The second-order valence-electron chi connectivity index (χ2n) is 6.39. The van der Waals surface area contributed by atoms with Crippen molar-refractivity contribution in [2.24, 2.45) is 5.92 Å². The summed E-state index contributed by atoms with van der Waals surface area (Å²) in [7, 11) is 0. The minimum Gasteiger partial charge on any atom is -0.346 e. The quantitative estimate of drug-likeness (QED) is 0.893. The molecule has 2 atom stereocenters. The van der Waals surface area contributed by atoms with E-state index in [0.717, 1.165) is 30.9 Å². The van der Waals surface area contributed by atoms with Gasteiger partial charge < -0.3 is 10.6 Å². The topological polar surface area (TPSA) is 71.8 Å². The van der Waals surface area contributed by atoms with Gasteiger partial charge in [0.25, 0.3) is 5.91 Å². The van der Waals surface area contributed by atoms with Crippen molar-refractivity contribution in [2.45, 2.75) is 33.2 Å². The molecule has 24 heavy (non-hydrogen) atoms. The molecule has 0 spiro atoms. The van der Waals surface area contributed by atoms with Crippen LogP contribution in [0.1, 0.15) is 35.2 Å². The number of rotatable bonds is 3. The van der Waals surface area contributed by atoms with E-state index >= 15 is 0 Å². The fraction of sp³-hybridized carbons (Fsp3) is 0.471. The number of piperidine rings is 1. The number of pyridine rings is 1.